The highest BCUT2D eigenvalue weighted by molar-refractivity contribution is 5.85. The lowest BCUT2D eigenvalue weighted by Gasteiger charge is -2.38. The van der Waals surface area contributed by atoms with E-state index in [1.165, 1.54) is 38.5 Å². The minimum atomic E-state index is -0.729. The molecule has 0 aromatic heterocycles. The van der Waals surface area contributed by atoms with E-state index >= 15 is 0 Å². The van der Waals surface area contributed by atoms with E-state index in [2.05, 4.69) is 6.92 Å². The number of hydrogen-bond acceptors (Lipinski definition) is 1. The first kappa shape index (κ1) is 20.6. The number of fused-ring (bicyclic) bond motifs is 1. The highest BCUT2D eigenvalue weighted by atomic mass is 19.2. The molecule has 2 aliphatic carbocycles. The van der Waals surface area contributed by atoms with Crippen LogP contribution in [0.3, 0.4) is 0 Å². The lowest BCUT2D eigenvalue weighted by atomic mass is 9.68. The van der Waals surface area contributed by atoms with Gasteiger partial charge in [0.05, 0.1) is 7.11 Å². The Bertz CT molecular complexity index is 830. The Morgan fingerprint density at radius 3 is 2.14 bits per heavy atom. The zero-order valence-corrected chi connectivity index (χ0v) is 17.9. The van der Waals surface area contributed by atoms with E-state index in [4.69, 9.17) is 4.74 Å². The quantitative estimate of drug-likeness (QED) is 0.494. The first-order valence-electron chi connectivity index (χ1n) is 11.6. The molecule has 1 nitrogen and oxygen atoms in total. The smallest absolute Gasteiger partial charge is 0.167 e. The van der Waals surface area contributed by atoms with Crippen LogP contribution in [0.4, 0.5) is 8.78 Å². The van der Waals surface area contributed by atoms with Gasteiger partial charge >= 0.3 is 0 Å². The Balaban J connectivity index is 1.43. The van der Waals surface area contributed by atoms with Gasteiger partial charge in [0.1, 0.15) is 5.75 Å². The molecule has 0 radical (unpaired) electrons. The van der Waals surface area contributed by atoms with Crippen molar-refractivity contribution in [1.29, 1.82) is 0 Å². The van der Waals surface area contributed by atoms with Crippen molar-refractivity contribution in [2.75, 3.05) is 7.11 Å². The molecule has 0 aliphatic heterocycles. The molecule has 0 N–H and O–H groups in total. The third-order valence-electron chi connectivity index (χ3n) is 7.72. The lowest BCUT2D eigenvalue weighted by molar-refractivity contribution is 0.156. The summed E-state index contributed by atoms with van der Waals surface area (Å²) in [6.07, 6.45) is 12.5. The predicted molar refractivity (Wildman–Crippen MR) is 115 cm³/mol. The van der Waals surface area contributed by atoms with Gasteiger partial charge in [0.2, 0.25) is 0 Å². The minimum Gasteiger partial charge on any atom is -0.497 e. The van der Waals surface area contributed by atoms with Crippen molar-refractivity contribution in [3.63, 3.8) is 0 Å². The van der Waals surface area contributed by atoms with Crippen LogP contribution < -0.4 is 4.74 Å². The highest BCUT2D eigenvalue weighted by Crippen LogP contribution is 2.45. The molecule has 2 saturated carbocycles. The molecule has 2 fully saturated rings. The fraction of sp³-hybridized carbons (Fsp3) is 0.615. The van der Waals surface area contributed by atoms with Crippen molar-refractivity contribution in [3.05, 3.63) is 41.5 Å². The molecular formula is C26H34F2O. The Morgan fingerprint density at radius 2 is 1.52 bits per heavy atom. The third kappa shape index (κ3) is 4.29. The van der Waals surface area contributed by atoms with Crippen molar-refractivity contribution < 1.29 is 13.5 Å². The van der Waals surface area contributed by atoms with Crippen LogP contribution in [0.2, 0.25) is 0 Å². The fourth-order valence-corrected chi connectivity index (χ4v) is 6.01. The molecule has 0 spiro atoms. The Labute approximate surface area is 173 Å². The summed E-state index contributed by atoms with van der Waals surface area (Å²) in [5.74, 6) is 1.89. The average Bonchev–Trinajstić information content (AvgIpc) is 2.77. The van der Waals surface area contributed by atoms with Crippen molar-refractivity contribution in [2.45, 2.75) is 77.0 Å². The van der Waals surface area contributed by atoms with Crippen LogP contribution in [0, 0.1) is 29.4 Å². The molecule has 2 aromatic rings. The second kappa shape index (κ2) is 9.02. The van der Waals surface area contributed by atoms with Gasteiger partial charge in [-0.2, -0.15) is 0 Å². The summed E-state index contributed by atoms with van der Waals surface area (Å²) >= 11 is 0. The fourth-order valence-electron chi connectivity index (χ4n) is 6.01. The average molecular weight is 401 g/mol. The van der Waals surface area contributed by atoms with Gasteiger partial charge in [0, 0.05) is 5.39 Å². The zero-order valence-electron chi connectivity index (χ0n) is 17.9. The Hall–Kier alpha value is -1.64. The minimum absolute atomic E-state index is 0.142. The van der Waals surface area contributed by atoms with Crippen LogP contribution in [0.25, 0.3) is 10.8 Å². The highest BCUT2D eigenvalue weighted by Gasteiger charge is 2.32. The van der Waals surface area contributed by atoms with Crippen LogP contribution >= 0.6 is 0 Å². The van der Waals surface area contributed by atoms with Gasteiger partial charge in [-0.15, -0.1) is 0 Å². The first-order valence-corrected chi connectivity index (χ1v) is 11.6. The summed E-state index contributed by atoms with van der Waals surface area (Å²) in [5, 5.41) is 1.07. The summed E-state index contributed by atoms with van der Waals surface area (Å²) in [6, 6.07) is 7.10. The van der Waals surface area contributed by atoms with Crippen LogP contribution in [0.5, 0.6) is 5.75 Å². The third-order valence-corrected chi connectivity index (χ3v) is 7.72. The van der Waals surface area contributed by atoms with Crippen molar-refractivity contribution in [1.82, 2.24) is 0 Å². The lowest BCUT2D eigenvalue weighted by Crippen LogP contribution is -2.25. The second-order valence-electron chi connectivity index (χ2n) is 9.36. The van der Waals surface area contributed by atoms with Gasteiger partial charge in [-0.3, -0.25) is 0 Å². The zero-order chi connectivity index (χ0) is 20.4. The molecule has 0 saturated heterocycles. The number of halogens is 2. The Kier molecular flexibility index (Phi) is 6.41. The number of ether oxygens (including phenoxy) is 1. The maximum Gasteiger partial charge on any atom is 0.167 e. The van der Waals surface area contributed by atoms with Gasteiger partial charge < -0.3 is 4.74 Å². The summed E-state index contributed by atoms with van der Waals surface area (Å²) in [7, 11) is 1.54. The summed E-state index contributed by atoms with van der Waals surface area (Å²) < 4.78 is 34.8. The summed E-state index contributed by atoms with van der Waals surface area (Å²) in [4.78, 5) is 0. The van der Waals surface area contributed by atoms with Crippen LogP contribution in [0.1, 0.15) is 82.6 Å². The van der Waals surface area contributed by atoms with Crippen LogP contribution in [-0.2, 0) is 0 Å². The molecular weight excluding hydrogens is 366 g/mol. The topological polar surface area (TPSA) is 9.23 Å². The van der Waals surface area contributed by atoms with Crippen molar-refractivity contribution >= 4 is 10.8 Å². The number of benzene rings is 2. The molecule has 2 aliphatic rings. The van der Waals surface area contributed by atoms with E-state index in [-0.39, 0.29) is 5.92 Å². The molecule has 29 heavy (non-hydrogen) atoms. The molecule has 0 bridgehead atoms. The standard InChI is InChI=1S/C26H34F2O/c1-3-4-17-5-7-18(8-6-17)19-9-11-20(12-10-19)23-15-21-13-14-22(29-2)16-24(21)26(28)25(23)27/h13-20H,3-12H2,1-2H3. The van der Waals surface area contributed by atoms with Crippen LogP contribution in [-0.4, -0.2) is 7.11 Å². The second-order valence-corrected chi connectivity index (χ2v) is 9.36. The van der Waals surface area contributed by atoms with Gasteiger partial charge in [-0.05, 0) is 91.3 Å². The molecule has 4 rings (SSSR count). The SMILES string of the molecule is CCCC1CCC(C2CCC(c3cc4ccc(OC)cc4c(F)c3F)CC2)CC1. The predicted octanol–water partition coefficient (Wildman–Crippen LogP) is 8.01. The molecule has 3 heteroatoms. The molecule has 0 heterocycles. The van der Waals surface area contributed by atoms with Crippen LogP contribution in [0.15, 0.2) is 24.3 Å². The normalized spacial score (nSPS) is 27.9. The van der Waals surface area contributed by atoms with E-state index in [0.717, 1.165) is 48.8 Å². The molecule has 0 unspecified atom stereocenters. The Morgan fingerprint density at radius 1 is 0.862 bits per heavy atom. The van der Waals surface area contributed by atoms with Gasteiger partial charge in [-0.25, -0.2) is 8.78 Å². The number of methoxy groups -OCH3 is 1. The molecule has 2 aromatic carbocycles. The molecule has 0 atom stereocenters. The summed E-state index contributed by atoms with van der Waals surface area (Å²) in [6.45, 7) is 2.29. The van der Waals surface area contributed by atoms with E-state index in [1.807, 2.05) is 18.2 Å². The maximum absolute atomic E-state index is 14.9. The van der Waals surface area contributed by atoms with Crippen molar-refractivity contribution in [3.8, 4) is 5.75 Å². The maximum atomic E-state index is 14.9. The first-order chi connectivity index (χ1) is 14.1. The van der Waals surface area contributed by atoms with E-state index in [1.54, 1.807) is 13.2 Å². The van der Waals surface area contributed by atoms with Gasteiger partial charge in [0.15, 0.2) is 11.6 Å². The van der Waals surface area contributed by atoms with Crippen molar-refractivity contribution in [2.24, 2.45) is 17.8 Å². The summed E-state index contributed by atoms with van der Waals surface area (Å²) in [5.41, 5.74) is 0.574. The largest absolute Gasteiger partial charge is 0.497 e. The molecule has 158 valence electrons. The van der Waals surface area contributed by atoms with Gasteiger partial charge in [-0.1, -0.05) is 38.7 Å². The van der Waals surface area contributed by atoms with E-state index in [0.29, 0.717) is 16.7 Å². The van der Waals surface area contributed by atoms with E-state index in [9.17, 15) is 8.78 Å². The van der Waals surface area contributed by atoms with E-state index < -0.39 is 11.6 Å². The number of hydrogen-bond donors (Lipinski definition) is 0. The monoisotopic (exact) mass is 400 g/mol. The van der Waals surface area contributed by atoms with Gasteiger partial charge in [0.25, 0.3) is 0 Å². The number of rotatable bonds is 5. The molecule has 0 amide bonds.